The van der Waals surface area contributed by atoms with Crippen molar-refractivity contribution in [1.29, 1.82) is 0 Å². The van der Waals surface area contributed by atoms with E-state index in [1.54, 1.807) is 30.3 Å². The molecule has 0 saturated heterocycles. The second kappa shape index (κ2) is 6.74. The molecule has 2 N–H and O–H groups in total. The predicted octanol–water partition coefficient (Wildman–Crippen LogP) is 3.70. The second-order valence-corrected chi connectivity index (χ2v) is 5.13. The minimum atomic E-state index is -0.416. The van der Waals surface area contributed by atoms with E-state index in [1.807, 2.05) is 0 Å². The van der Waals surface area contributed by atoms with Crippen LogP contribution in [0, 0.1) is 5.82 Å². The standard InChI is InChI=1S/C15H13ClFNO2S/c1-19-14-6-9(15(18)21)3-5-13(14)20-8-10-2-4-11(16)7-12(10)17/h2-7H,8H2,1H3,(H2,18,21). The summed E-state index contributed by atoms with van der Waals surface area (Å²) in [7, 11) is 1.51. The Balaban J connectivity index is 2.17. The van der Waals surface area contributed by atoms with Crippen molar-refractivity contribution in [3.8, 4) is 11.5 Å². The molecule has 0 atom stereocenters. The summed E-state index contributed by atoms with van der Waals surface area (Å²) in [6, 6.07) is 9.51. The molecule has 110 valence electrons. The van der Waals surface area contributed by atoms with Gasteiger partial charge in [-0.3, -0.25) is 0 Å². The van der Waals surface area contributed by atoms with Crippen LogP contribution < -0.4 is 15.2 Å². The van der Waals surface area contributed by atoms with Gasteiger partial charge in [-0.1, -0.05) is 29.9 Å². The van der Waals surface area contributed by atoms with E-state index in [0.717, 1.165) is 0 Å². The molecule has 0 bridgehead atoms. The van der Waals surface area contributed by atoms with Crippen LogP contribution in [0.15, 0.2) is 36.4 Å². The molecule has 2 aromatic carbocycles. The van der Waals surface area contributed by atoms with Gasteiger partial charge in [-0.25, -0.2) is 4.39 Å². The number of hydrogen-bond acceptors (Lipinski definition) is 3. The van der Waals surface area contributed by atoms with E-state index < -0.39 is 5.82 Å². The number of hydrogen-bond donors (Lipinski definition) is 1. The molecule has 0 aliphatic carbocycles. The van der Waals surface area contributed by atoms with Crippen LogP contribution >= 0.6 is 23.8 Å². The first-order chi connectivity index (χ1) is 10.0. The Hall–Kier alpha value is -1.85. The van der Waals surface area contributed by atoms with Crippen LogP contribution in [0.2, 0.25) is 5.02 Å². The minimum absolute atomic E-state index is 0.0613. The van der Waals surface area contributed by atoms with Gasteiger partial charge in [-0.2, -0.15) is 0 Å². The first kappa shape index (κ1) is 15.5. The SMILES string of the molecule is COc1cc(C(N)=S)ccc1OCc1ccc(Cl)cc1F. The van der Waals surface area contributed by atoms with Crippen LogP contribution in [0.25, 0.3) is 0 Å². The number of thiocarbonyl (C=S) groups is 1. The summed E-state index contributed by atoms with van der Waals surface area (Å²) < 4.78 is 24.5. The Morgan fingerprint density at radius 1 is 1.24 bits per heavy atom. The summed E-state index contributed by atoms with van der Waals surface area (Å²) in [5.74, 6) is 0.544. The molecule has 0 spiro atoms. The zero-order valence-electron chi connectivity index (χ0n) is 11.2. The summed E-state index contributed by atoms with van der Waals surface area (Å²) in [6.45, 7) is 0.0613. The monoisotopic (exact) mass is 325 g/mol. The Kier molecular flexibility index (Phi) is 4.98. The Morgan fingerprint density at radius 2 is 2.00 bits per heavy atom. The Labute approximate surface area is 132 Å². The molecule has 0 aliphatic rings. The lowest BCUT2D eigenvalue weighted by molar-refractivity contribution is 0.279. The predicted molar refractivity (Wildman–Crippen MR) is 84.6 cm³/mol. The summed E-state index contributed by atoms with van der Waals surface area (Å²) in [5.41, 5.74) is 6.64. The fourth-order valence-electron chi connectivity index (χ4n) is 1.73. The van der Waals surface area contributed by atoms with Crippen LogP contribution in [-0.4, -0.2) is 12.1 Å². The highest BCUT2D eigenvalue weighted by molar-refractivity contribution is 7.80. The molecule has 0 saturated carbocycles. The van der Waals surface area contributed by atoms with E-state index >= 15 is 0 Å². The van der Waals surface area contributed by atoms with E-state index in [1.165, 1.54) is 13.2 Å². The molecule has 0 radical (unpaired) electrons. The van der Waals surface area contributed by atoms with Gasteiger partial charge in [0, 0.05) is 16.1 Å². The molecule has 3 nitrogen and oxygen atoms in total. The molecule has 21 heavy (non-hydrogen) atoms. The summed E-state index contributed by atoms with van der Waals surface area (Å²) in [6.07, 6.45) is 0. The van der Waals surface area contributed by atoms with Crippen molar-refractivity contribution in [2.24, 2.45) is 5.73 Å². The van der Waals surface area contributed by atoms with E-state index in [-0.39, 0.29) is 11.6 Å². The maximum absolute atomic E-state index is 13.7. The van der Waals surface area contributed by atoms with Crippen molar-refractivity contribution in [2.75, 3.05) is 7.11 Å². The highest BCUT2D eigenvalue weighted by Crippen LogP contribution is 2.29. The number of ether oxygens (including phenoxy) is 2. The normalized spacial score (nSPS) is 10.2. The third kappa shape index (κ3) is 3.83. The van der Waals surface area contributed by atoms with Crippen molar-refractivity contribution in [3.05, 3.63) is 58.4 Å². The minimum Gasteiger partial charge on any atom is -0.493 e. The van der Waals surface area contributed by atoms with Crippen molar-refractivity contribution >= 4 is 28.8 Å². The van der Waals surface area contributed by atoms with Crippen LogP contribution in [0.5, 0.6) is 11.5 Å². The maximum Gasteiger partial charge on any atom is 0.161 e. The molecule has 2 aromatic rings. The first-order valence-corrected chi connectivity index (χ1v) is 6.84. The molecule has 0 aliphatic heterocycles. The Bertz CT molecular complexity index is 679. The fraction of sp³-hybridized carbons (Fsp3) is 0.133. The molecular weight excluding hydrogens is 313 g/mol. The Morgan fingerprint density at radius 3 is 2.62 bits per heavy atom. The van der Waals surface area contributed by atoms with Crippen molar-refractivity contribution in [2.45, 2.75) is 6.61 Å². The highest BCUT2D eigenvalue weighted by atomic mass is 35.5. The van der Waals surface area contributed by atoms with E-state index in [0.29, 0.717) is 27.6 Å². The van der Waals surface area contributed by atoms with Crippen molar-refractivity contribution in [1.82, 2.24) is 0 Å². The van der Waals surface area contributed by atoms with Gasteiger partial charge in [-0.15, -0.1) is 0 Å². The lowest BCUT2D eigenvalue weighted by atomic mass is 10.2. The van der Waals surface area contributed by atoms with E-state index in [2.05, 4.69) is 0 Å². The summed E-state index contributed by atoms with van der Waals surface area (Å²) >= 11 is 10.6. The fourth-order valence-corrected chi connectivity index (χ4v) is 2.02. The number of benzene rings is 2. The average Bonchev–Trinajstić information content (AvgIpc) is 2.46. The number of methoxy groups -OCH3 is 1. The first-order valence-electron chi connectivity index (χ1n) is 6.06. The number of rotatable bonds is 5. The molecule has 0 unspecified atom stereocenters. The van der Waals surface area contributed by atoms with Crippen LogP contribution in [0.4, 0.5) is 4.39 Å². The van der Waals surface area contributed by atoms with Gasteiger partial charge in [0.2, 0.25) is 0 Å². The van der Waals surface area contributed by atoms with Gasteiger partial charge in [0.05, 0.1) is 7.11 Å². The highest BCUT2D eigenvalue weighted by Gasteiger charge is 2.09. The topological polar surface area (TPSA) is 44.5 Å². The van der Waals surface area contributed by atoms with Crippen LogP contribution in [-0.2, 0) is 6.61 Å². The smallest absolute Gasteiger partial charge is 0.161 e. The zero-order chi connectivity index (χ0) is 15.4. The average molecular weight is 326 g/mol. The summed E-state index contributed by atoms with van der Waals surface area (Å²) in [4.78, 5) is 0.267. The second-order valence-electron chi connectivity index (χ2n) is 4.25. The third-order valence-corrected chi connectivity index (χ3v) is 3.32. The van der Waals surface area contributed by atoms with Gasteiger partial charge in [0.15, 0.2) is 11.5 Å². The molecule has 0 fully saturated rings. The maximum atomic E-state index is 13.7. The third-order valence-electron chi connectivity index (χ3n) is 2.85. The van der Waals surface area contributed by atoms with Gasteiger partial charge >= 0.3 is 0 Å². The molecular formula is C15H13ClFNO2S. The summed E-state index contributed by atoms with van der Waals surface area (Å²) in [5, 5.41) is 0.342. The van der Waals surface area contributed by atoms with E-state index in [4.69, 9.17) is 39.0 Å². The molecule has 0 aromatic heterocycles. The molecule has 6 heteroatoms. The van der Waals surface area contributed by atoms with Crippen LogP contribution in [0.1, 0.15) is 11.1 Å². The molecule has 0 amide bonds. The number of nitrogens with two attached hydrogens (primary N) is 1. The lowest BCUT2D eigenvalue weighted by Crippen LogP contribution is -2.09. The quantitative estimate of drug-likeness (QED) is 0.851. The van der Waals surface area contributed by atoms with Gasteiger partial charge in [-0.05, 0) is 30.3 Å². The van der Waals surface area contributed by atoms with Crippen molar-refractivity contribution < 1.29 is 13.9 Å². The lowest BCUT2D eigenvalue weighted by Gasteiger charge is -2.12. The van der Waals surface area contributed by atoms with Gasteiger partial charge in [0.25, 0.3) is 0 Å². The molecule has 0 heterocycles. The van der Waals surface area contributed by atoms with Crippen LogP contribution in [0.3, 0.4) is 0 Å². The zero-order valence-corrected chi connectivity index (χ0v) is 12.8. The largest absolute Gasteiger partial charge is 0.493 e. The molecule has 2 rings (SSSR count). The number of halogens is 2. The van der Waals surface area contributed by atoms with Gasteiger partial charge < -0.3 is 15.2 Å². The van der Waals surface area contributed by atoms with Crippen molar-refractivity contribution in [3.63, 3.8) is 0 Å². The van der Waals surface area contributed by atoms with E-state index in [9.17, 15) is 4.39 Å². The van der Waals surface area contributed by atoms with Gasteiger partial charge in [0.1, 0.15) is 17.4 Å².